The third-order valence-electron chi connectivity index (χ3n) is 3.88. The first-order valence-electron chi connectivity index (χ1n) is 7.47. The van der Waals surface area contributed by atoms with Crippen LogP contribution in [0, 0.1) is 13.8 Å². The van der Waals surface area contributed by atoms with Crippen molar-refractivity contribution in [1.29, 1.82) is 0 Å². The predicted molar refractivity (Wildman–Crippen MR) is 85.8 cm³/mol. The summed E-state index contributed by atoms with van der Waals surface area (Å²) in [5.74, 6) is -0.914. The quantitative estimate of drug-likeness (QED) is 0.797. The molecule has 1 atom stereocenters. The SMILES string of the molecule is Cc1ccc(CC(=O)OCC(=O)N[C@@H]2CCS(=O)(=O)C2)cc1C. The largest absolute Gasteiger partial charge is 0.455 e. The van der Waals surface area contributed by atoms with E-state index in [1.54, 1.807) is 0 Å². The third-order valence-corrected chi connectivity index (χ3v) is 5.65. The van der Waals surface area contributed by atoms with Crippen LogP contribution < -0.4 is 5.32 Å². The first-order chi connectivity index (χ1) is 10.7. The van der Waals surface area contributed by atoms with E-state index >= 15 is 0 Å². The van der Waals surface area contributed by atoms with Gasteiger partial charge in [-0.1, -0.05) is 18.2 Å². The maximum Gasteiger partial charge on any atom is 0.310 e. The molecule has 23 heavy (non-hydrogen) atoms. The standard InChI is InChI=1S/C16H21NO5S/c1-11-3-4-13(7-12(11)2)8-16(19)22-9-15(18)17-14-5-6-23(20,21)10-14/h3-4,7,14H,5-6,8-10H2,1-2H3,(H,17,18)/t14-/m1/s1. The molecule has 0 aromatic heterocycles. The van der Waals surface area contributed by atoms with Crippen LogP contribution in [0.3, 0.4) is 0 Å². The molecule has 1 fully saturated rings. The average molecular weight is 339 g/mol. The Labute approximate surface area is 136 Å². The zero-order valence-electron chi connectivity index (χ0n) is 13.3. The van der Waals surface area contributed by atoms with Gasteiger partial charge in [0.15, 0.2) is 16.4 Å². The summed E-state index contributed by atoms with van der Waals surface area (Å²) in [5.41, 5.74) is 3.07. The van der Waals surface area contributed by atoms with E-state index in [1.165, 1.54) is 0 Å². The average Bonchev–Trinajstić information content (AvgIpc) is 2.80. The number of amides is 1. The second kappa shape index (κ2) is 7.12. The Bertz CT molecular complexity index is 711. The predicted octanol–water partition coefficient (Wildman–Crippen LogP) is 0.692. The van der Waals surface area contributed by atoms with Crippen molar-refractivity contribution >= 4 is 21.7 Å². The molecule has 1 heterocycles. The lowest BCUT2D eigenvalue weighted by molar-refractivity contribution is -0.148. The summed E-state index contributed by atoms with van der Waals surface area (Å²) in [6.07, 6.45) is 0.511. The fraction of sp³-hybridized carbons (Fsp3) is 0.500. The number of carbonyl (C=O) groups excluding carboxylic acids is 2. The van der Waals surface area contributed by atoms with Gasteiger partial charge in [0.05, 0.1) is 17.9 Å². The molecule has 0 saturated carbocycles. The summed E-state index contributed by atoms with van der Waals surface area (Å²) in [6.45, 7) is 3.57. The van der Waals surface area contributed by atoms with Crippen LogP contribution in [0.15, 0.2) is 18.2 Å². The fourth-order valence-electron chi connectivity index (χ4n) is 2.46. The summed E-state index contributed by atoms with van der Waals surface area (Å²) in [5, 5.41) is 2.57. The minimum atomic E-state index is -3.04. The van der Waals surface area contributed by atoms with Crippen LogP contribution in [0.2, 0.25) is 0 Å². The maximum atomic E-state index is 11.8. The lowest BCUT2D eigenvalue weighted by Gasteiger charge is -2.11. The molecule has 126 valence electrons. The Morgan fingerprint density at radius 3 is 2.61 bits per heavy atom. The highest BCUT2D eigenvalue weighted by Crippen LogP contribution is 2.12. The maximum absolute atomic E-state index is 11.8. The number of hydrogen-bond acceptors (Lipinski definition) is 5. The van der Waals surface area contributed by atoms with Crippen molar-refractivity contribution in [1.82, 2.24) is 5.32 Å². The Balaban J connectivity index is 1.75. The molecule has 1 N–H and O–H groups in total. The van der Waals surface area contributed by atoms with E-state index in [1.807, 2.05) is 32.0 Å². The summed E-state index contributed by atoms with van der Waals surface area (Å²) in [6, 6.07) is 5.32. The molecule has 7 heteroatoms. The van der Waals surface area contributed by atoms with Crippen molar-refractivity contribution in [2.45, 2.75) is 32.7 Å². The minimum Gasteiger partial charge on any atom is -0.455 e. The molecule has 1 aromatic carbocycles. The Morgan fingerprint density at radius 1 is 1.26 bits per heavy atom. The van der Waals surface area contributed by atoms with Gasteiger partial charge in [-0.25, -0.2) is 8.42 Å². The topological polar surface area (TPSA) is 89.5 Å². The van der Waals surface area contributed by atoms with Gasteiger partial charge in [0.25, 0.3) is 5.91 Å². The van der Waals surface area contributed by atoms with E-state index in [4.69, 9.17) is 4.74 Å². The molecule has 0 unspecified atom stereocenters. The van der Waals surface area contributed by atoms with Crippen molar-refractivity contribution in [3.63, 3.8) is 0 Å². The number of hydrogen-bond donors (Lipinski definition) is 1. The zero-order chi connectivity index (χ0) is 17.0. The second-order valence-corrected chi connectivity index (χ2v) is 8.15. The molecule has 0 bridgehead atoms. The van der Waals surface area contributed by atoms with Crippen molar-refractivity contribution < 1.29 is 22.7 Å². The van der Waals surface area contributed by atoms with Crippen molar-refractivity contribution in [2.75, 3.05) is 18.1 Å². The van der Waals surface area contributed by atoms with Crippen LogP contribution in [-0.2, 0) is 30.6 Å². The minimum absolute atomic E-state index is 0.0463. The van der Waals surface area contributed by atoms with Crippen LogP contribution in [0.25, 0.3) is 0 Å². The first-order valence-corrected chi connectivity index (χ1v) is 9.29. The number of esters is 1. The van der Waals surface area contributed by atoms with Gasteiger partial charge in [0.2, 0.25) is 0 Å². The van der Waals surface area contributed by atoms with Gasteiger partial charge in [-0.05, 0) is 37.0 Å². The van der Waals surface area contributed by atoms with E-state index < -0.39 is 21.7 Å². The summed E-state index contributed by atoms with van der Waals surface area (Å²) in [4.78, 5) is 23.4. The molecule has 1 amide bonds. The molecular formula is C16H21NO5S. The molecule has 1 saturated heterocycles. The van der Waals surface area contributed by atoms with E-state index in [2.05, 4.69) is 5.32 Å². The van der Waals surface area contributed by atoms with Crippen molar-refractivity contribution in [3.8, 4) is 0 Å². The van der Waals surface area contributed by atoms with Gasteiger partial charge >= 0.3 is 5.97 Å². The monoisotopic (exact) mass is 339 g/mol. The second-order valence-electron chi connectivity index (χ2n) is 5.92. The number of benzene rings is 1. The normalized spacial score (nSPS) is 19.3. The number of nitrogens with one attached hydrogen (secondary N) is 1. The lowest BCUT2D eigenvalue weighted by atomic mass is 10.0. The van der Waals surface area contributed by atoms with E-state index in [9.17, 15) is 18.0 Å². The molecule has 0 radical (unpaired) electrons. The molecule has 2 rings (SSSR count). The summed E-state index contributed by atoms with van der Waals surface area (Å²) >= 11 is 0. The number of sulfone groups is 1. The third kappa shape index (κ3) is 5.35. The van der Waals surface area contributed by atoms with Gasteiger partial charge in [0.1, 0.15) is 0 Å². The Hall–Kier alpha value is -1.89. The van der Waals surface area contributed by atoms with Gasteiger partial charge in [-0.2, -0.15) is 0 Å². The molecule has 6 nitrogen and oxygen atoms in total. The first kappa shape index (κ1) is 17.5. The highest BCUT2D eigenvalue weighted by atomic mass is 32.2. The molecule has 1 aromatic rings. The van der Waals surface area contributed by atoms with Crippen LogP contribution in [0.5, 0.6) is 0 Å². The van der Waals surface area contributed by atoms with Crippen LogP contribution in [0.4, 0.5) is 0 Å². The van der Waals surface area contributed by atoms with Crippen molar-refractivity contribution in [3.05, 3.63) is 34.9 Å². The van der Waals surface area contributed by atoms with Crippen LogP contribution >= 0.6 is 0 Å². The number of rotatable bonds is 5. The molecule has 1 aliphatic heterocycles. The number of aryl methyl sites for hydroxylation is 2. The highest BCUT2D eigenvalue weighted by Gasteiger charge is 2.29. The Kier molecular flexibility index (Phi) is 5.41. The smallest absolute Gasteiger partial charge is 0.310 e. The van der Waals surface area contributed by atoms with E-state index in [0.717, 1.165) is 16.7 Å². The molecule has 0 spiro atoms. The van der Waals surface area contributed by atoms with Crippen LogP contribution in [-0.4, -0.2) is 44.4 Å². The molecule has 0 aliphatic carbocycles. The Morgan fingerprint density at radius 2 is 2.00 bits per heavy atom. The zero-order valence-corrected chi connectivity index (χ0v) is 14.1. The van der Waals surface area contributed by atoms with E-state index in [-0.39, 0.29) is 30.6 Å². The van der Waals surface area contributed by atoms with E-state index in [0.29, 0.717) is 6.42 Å². The van der Waals surface area contributed by atoms with Gasteiger partial charge in [0, 0.05) is 6.04 Å². The summed E-state index contributed by atoms with van der Waals surface area (Å²) < 4.78 is 27.6. The molecular weight excluding hydrogens is 318 g/mol. The lowest BCUT2D eigenvalue weighted by Crippen LogP contribution is -2.38. The number of carbonyl (C=O) groups is 2. The summed E-state index contributed by atoms with van der Waals surface area (Å²) in [7, 11) is -3.04. The van der Waals surface area contributed by atoms with Gasteiger partial charge < -0.3 is 10.1 Å². The van der Waals surface area contributed by atoms with Gasteiger partial charge in [-0.3, -0.25) is 9.59 Å². The van der Waals surface area contributed by atoms with Crippen molar-refractivity contribution in [2.24, 2.45) is 0 Å². The molecule has 1 aliphatic rings. The number of ether oxygens (including phenoxy) is 1. The highest BCUT2D eigenvalue weighted by molar-refractivity contribution is 7.91. The van der Waals surface area contributed by atoms with Crippen LogP contribution in [0.1, 0.15) is 23.1 Å². The fourth-order valence-corrected chi connectivity index (χ4v) is 4.13. The van der Waals surface area contributed by atoms with Gasteiger partial charge in [-0.15, -0.1) is 0 Å².